The van der Waals surface area contributed by atoms with Crippen LogP contribution in [0.4, 0.5) is 5.82 Å². The van der Waals surface area contributed by atoms with Crippen molar-refractivity contribution in [3.8, 4) is 6.07 Å². The molecule has 6 nitrogen and oxygen atoms in total. The van der Waals surface area contributed by atoms with E-state index in [9.17, 15) is 9.47 Å². The van der Waals surface area contributed by atoms with E-state index in [4.69, 9.17) is 9.31 Å². The summed E-state index contributed by atoms with van der Waals surface area (Å²) >= 11 is 0. The monoisotopic (exact) mass is 335 g/mol. The fourth-order valence-electron chi connectivity index (χ4n) is 2.13. The van der Waals surface area contributed by atoms with Gasteiger partial charge in [0.1, 0.15) is 11.9 Å². The summed E-state index contributed by atoms with van der Waals surface area (Å²) in [5.41, 5.74) is 0.253. The fraction of sp³-hybridized carbons (Fsp3) is 0.600. The number of anilines is 1. The van der Waals surface area contributed by atoms with Gasteiger partial charge in [-0.2, -0.15) is 5.26 Å². The molecule has 1 aromatic heterocycles. The number of rotatable bonds is 5. The van der Waals surface area contributed by atoms with E-state index in [1.807, 2.05) is 27.7 Å². The third kappa shape index (κ3) is 3.92. The van der Waals surface area contributed by atoms with Gasteiger partial charge in [-0.3, -0.25) is 4.21 Å². The highest BCUT2D eigenvalue weighted by atomic mass is 32.2. The van der Waals surface area contributed by atoms with Gasteiger partial charge in [-0.05, 0) is 33.8 Å². The van der Waals surface area contributed by atoms with Gasteiger partial charge in [0.15, 0.2) is 0 Å². The van der Waals surface area contributed by atoms with Crippen LogP contribution in [-0.2, 0) is 20.1 Å². The Balaban J connectivity index is 2.17. The third-order valence-electron chi connectivity index (χ3n) is 4.24. The van der Waals surface area contributed by atoms with Crippen molar-refractivity contribution >= 4 is 29.2 Å². The molecule has 23 heavy (non-hydrogen) atoms. The van der Waals surface area contributed by atoms with Gasteiger partial charge >= 0.3 is 7.12 Å². The van der Waals surface area contributed by atoms with Gasteiger partial charge in [-0.25, -0.2) is 4.98 Å². The zero-order valence-electron chi connectivity index (χ0n) is 14.2. The molecular weight excluding hydrogens is 313 g/mol. The summed E-state index contributed by atoms with van der Waals surface area (Å²) in [7, 11) is -1.43. The molecule has 8 heteroatoms. The molecule has 1 N–H and O–H groups in total. The van der Waals surface area contributed by atoms with Gasteiger partial charge in [0, 0.05) is 41.0 Å². The summed E-state index contributed by atoms with van der Waals surface area (Å²) in [6.45, 7) is 8.42. The Hall–Kier alpha value is -1.43. The van der Waals surface area contributed by atoms with Crippen molar-refractivity contribution in [3.63, 3.8) is 0 Å². The van der Waals surface area contributed by atoms with E-state index < -0.39 is 29.1 Å². The number of hydrogen-bond donors (Lipinski definition) is 1. The normalized spacial score (nSPS) is 20.1. The highest BCUT2D eigenvalue weighted by Crippen LogP contribution is 2.36. The number of aromatic nitrogens is 1. The molecule has 0 aliphatic carbocycles. The van der Waals surface area contributed by atoms with Crippen LogP contribution in [0.25, 0.3) is 0 Å². The van der Waals surface area contributed by atoms with Crippen molar-refractivity contribution in [3.05, 3.63) is 17.8 Å². The molecular formula is C15H22BN3O3S. The second-order valence-corrected chi connectivity index (χ2v) is 8.12. The molecule has 0 spiro atoms. The molecule has 0 radical (unpaired) electrons. The molecule has 0 amide bonds. The average Bonchev–Trinajstić information content (AvgIpc) is 2.67. The van der Waals surface area contributed by atoms with E-state index in [0.717, 1.165) is 0 Å². The number of hydrogen-bond acceptors (Lipinski definition) is 6. The zero-order valence-corrected chi connectivity index (χ0v) is 15.0. The van der Waals surface area contributed by atoms with E-state index in [1.54, 1.807) is 18.5 Å². The lowest BCUT2D eigenvalue weighted by Gasteiger charge is -2.32. The van der Waals surface area contributed by atoms with Crippen molar-refractivity contribution < 1.29 is 13.5 Å². The van der Waals surface area contributed by atoms with Gasteiger partial charge in [-0.15, -0.1) is 0 Å². The summed E-state index contributed by atoms with van der Waals surface area (Å²) < 4.78 is 23.0. The molecule has 1 fully saturated rings. The summed E-state index contributed by atoms with van der Waals surface area (Å²) in [6.07, 6.45) is 3.29. The maximum Gasteiger partial charge on any atom is 0.496 e. The molecule has 1 aliphatic rings. The van der Waals surface area contributed by atoms with Crippen LogP contribution in [0.2, 0.25) is 0 Å². The Morgan fingerprint density at radius 3 is 2.48 bits per heavy atom. The third-order valence-corrected chi connectivity index (χ3v) is 5.02. The van der Waals surface area contributed by atoms with Crippen LogP contribution in [-0.4, -0.2) is 46.1 Å². The Bertz CT molecular complexity index is 642. The molecule has 1 aromatic rings. The predicted molar refractivity (Wildman–Crippen MR) is 92.1 cm³/mol. The van der Waals surface area contributed by atoms with Crippen LogP contribution < -0.4 is 10.8 Å². The van der Waals surface area contributed by atoms with Crippen molar-refractivity contribution in [2.24, 2.45) is 0 Å². The first-order chi connectivity index (χ1) is 10.7. The van der Waals surface area contributed by atoms with E-state index >= 15 is 0 Å². The SMILES string of the molecule is C[S@@](=O)CCNc1ncc(B2OC(C)(C)C(C)(C)O2)cc1C#N. The topological polar surface area (TPSA) is 84.2 Å². The smallest absolute Gasteiger partial charge is 0.399 e. The minimum atomic E-state index is -0.885. The number of pyridine rings is 1. The highest BCUT2D eigenvalue weighted by molar-refractivity contribution is 7.84. The summed E-state index contributed by atoms with van der Waals surface area (Å²) in [5.74, 6) is 0.990. The van der Waals surface area contributed by atoms with E-state index in [0.29, 0.717) is 29.1 Å². The van der Waals surface area contributed by atoms with Crippen molar-refractivity contribution in [1.29, 1.82) is 5.26 Å². The van der Waals surface area contributed by atoms with Crippen LogP contribution in [0.15, 0.2) is 12.3 Å². The maximum absolute atomic E-state index is 11.1. The minimum Gasteiger partial charge on any atom is -0.399 e. The summed E-state index contributed by atoms with van der Waals surface area (Å²) in [6, 6.07) is 3.85. The van der Waals surface area contributed by atoms with E-state index in [1.165, 1.54) is 0 Å². The van der Waals surface area contributed by atoms with Crippen molar-refractivity contribution in [2.75, 3.05) is 23.9 Å². The molecule has 1 aliphatic heterocycles. The largest absolute Gasteiger partial charge is 0.496 e. The lowest BCUT2D eigenvalue weighted by Crippen LogP contribution is -2.41. The molecule has 0 bridgehead atoms. The molecule has 0 unspecified atom stereocenters. The molecule has 0 saturated carbocycles. The molecule has 2 heterocycles. The Morgan fingerprint density at radius 1 is 1.35 bits per heavy atom. The van der Waals surface area contributed by atoms with Crippen molar-refractivity contribution in [2.45, 2.75) is 38.9 Å². The maximum atomic E-state index is 11.1. The van der Waals surface area contributed by atoms with Crippen LogP contribution in [0.1, 0.15) is 33.3 Å². The molecule has 1 saturated heterocycles. The Labute approximate surface area is 140 Å². The Kier molecular flexibility index (Phi) is 5.14. The molecule has 0 aromatic carbocycles. The molecule has 2 rings (SSSR count). The highest BCUT2D eigenvalue weighted by Gasteiger charge is 2.51. The predicted octanol–water partition coefficient (Wildman–Crippen LogP) is 1.04. The van der Waals surface area contributed by atoms with Crippen molar-refractivity contribution in [1.82, 2.24) is 4.98 Å². The van der Waals surface area contributed by atoms with Crippen LogP contribution in [0, 0.1) is 11.3 Å². The quantitative estimate of drug-likeness (QED) is 0.810. The summed E-state index contributed by atoms with van der Waals surface area (Å²) in [4.78, 5) is 4.29. The number of nitriles is 1. The fourth-order valence-corrected chi connectivity index (χ4v) is 2.52. The van der Waals surface area contributed by atoms with Crippen LogP contribution >= 0.6 is 0 Å². The van der Waals surface area contributed by atoms with Crippen LogP contribution in [0.5, 0.6) is 0 Å². The standard InChI is InChI=1S/C15H22BN3O3S/c1-14(2)15(3,4)22-16(21-14)12-8-11(9-17)13(19-10-12)18-6-7-23(5)20/h8,10H,6-7H2,1-5H3,(H,18,19)/t23-/m1/s1. The first-order valence-corrected chi connectivity index (χ1v) is 9.18. The van der Waals surface area contributed by atoms with Gasteiger partial charge in [0.2, 0.25) is 0 Å². The number of nitrogens with one attached hydrogen (secondary N) is 1. The van der Waals surface area contributed by atoms with Gasteiger partial charge in [0.25, 0.3) is 0 Å². The van der Waals surface area contributed by atoms with Crippen LogP contribution in [0.3, 0.4) is 0 Å². The second-order valence-electron chi connectivity index (χ2n) is 6.57. The summed E-state index contributed by atoms with van der Waals surface area (Å²) in [5, 5.41) is 12.4. The lowest BCUT2D eigenvalue weighted by atomic mass is 9.79. The lowest BCUT2D eigenvalue weighted by molar-refractivity contribution is 0.00578. The Morgan fingerprint density at radius 2 is 1.96 bits per heavy atom. The first-order valence-electron chi connectivity index (χ1n) is 7.46. The van der Waals surface area contributed by atoms with Gasteiger partial charge in [0.05, 0.1) is 16.8 Å². The molecule has 124 valence electrons. The second kappa shape index (κ2) is 6.60. The number of nitrogens with zero attached hydrogens (tertiary/aromatic N) is 2. The average molecular weight is 335 g/mol. The first kappa shape index (κ1) is 17.9. The van der Waals surface area contributed by atoms with Gasteiger partial charge < -0.3 is 14.6 Å². The zero-order chi connectivity index (χ0) is 17.3. The minimum absolute atomic E-state index is 0.416. The van der Waals surface area contributed by atoms with E-state index in [2.05, 4.69) is 16.4 Å². The van der Waals surface area contributed by atoms with E-state index in [-0.39, 0.29) is 0 Å². The molecule has 1 atom stereocenters. The van der Waals surface area contributed by atoms with Gasteiger partial charge in [-0.1, -0.05) is 0 Å².